The average molecular weight is 404 g/mol. The molecule has 0 aliphatic carbocycles. The fraction of sp³-hybridized carbons (Fsp3) is 0.667. The molecule has 4 N–H and O–H groups in total. The molecule has 0 saturated heterocycles. The molecule has 0 bridgehead atoms. The molecule has 28 heavy (non-hydrogen) atoms. The first-order valence-corrected chi connectivity index (χ1v) is 9.05. The van der Waals surface area contributed by atoms with Crippen LogP contribution in [-0.4, -0.2) is 56.3 Å². The lowest BCUT2D eigenvalue weighted by Crippen LogP contribution is -2.28. The summed E-state index contributed by atoms with van der Waals surface area (Å²) in [5, 5.41) is 0. The lowest BCUT2D eigenvalue weighted by atomic mass is 10.1. The van der Waals surface area contributed by atoms with E-state index < -0.39 is 18.0 Å². The van der Waals surface area contributed by atoms with Crippen molar-refractivity contribution in [2.24, 2.45) is 11.5 Å². The van der Waals surface area contributed by atoms with Crippen LogP contribution in [-0.2, 0) is 38.1 Å². The topological polar surface area (TPSA) is 157 Å². The summed E-state index contributed by atoms with van der Waals surface area (Å²) in [6.07, 6.45) is 1.09. The second-order valence-corrected chi connectivity index (χ2v) is 5.23. The quantitative estimate of drug-likeness (QED) is 0.283. The molecule has 0 aliphatic rings. The fourth-order valence-electron chi connectivity index (χ4n) is 1.71. The van der Waals surface area contributed by atoms with Gasteiger partial charge in [-0.15, -0.1) is 0 Å². The van der Waals surface area contributed by atoms with Crippen molar-refractivity contribution in [3.63, 3.8) is 0 Å². The highest BCUT2D eigenvalue weighted by molar-refractivity contribution is 5.84. The van der Waals surface area contributed by atoms with Gasteiger partial charge < -0.3 is 30.4 Å². The Kier molecular flexibility index (Phi) is 17.5. The Morgan fingerprint density at radius 1 is 0.750 bits per heavy atom. The van der Waals surface area contributed by atoms with E-state index in [-0.39, 0.29) is 43.5 Å². The molecule has 0 rings (SSSR count). The van der Waals surface area contributed by atoms with Crippen LogP contribution in [0.4, 0.5) is 0 Å². The number of hydrogen-bond donors (Lipinski definition) is 2. The first-order chi connectivity index (χ1) is 13.2. The minimum Gasteiger partial charge on any atom is -0.466 e. The average Bonchev–Trinajstić information content (AvgIpc) is 2.55. The van der Waals surface area contributed by atoms with Crippen LogP contribution < -0.4 is 11.5 Å². The maximum absolute atomic E-state index is 10.9. The molecular weight excluding hydrogens is 372 g/mol. The van der Waals surface area contributed by atoms with Crippen molar-refractivity contribution < 1.29 is 38.1 Å². The van der Waals surface area contributed by atoms with Crippen LogP contribution in [0.3, 0.4) is 0 Å². The lowest BCUT2D eigenvalue weighted by molar-refractivity contribution is -0.146. The van der Waals surface area contributed by atoms with Gasteiger partial charge in [-0.2, -0.15) is 0 Å². The monoisotopic (exact) mass is 404 g/mol. The molecule has 0 aromatic heterocycles. The Hall–Kier alpha value is -2.62. The van der Waals surface area contributed by atoms with Crippen LogP contribution in [0, 0.1) is 0 Å². The van der Waals surface area contributed by atoms with Gasteiger partial charge >= 0.3 is 23.9 Å². The van der Waals surface area contributed by atoms with Gasteiger partial charge in [-0.25, -0.2) is 4.79 Å². The van der Waals surface area contributed by atoms with E-state index in [0.717, 1.165) is 6.08 Å². The predicted molar refractivity (Wildman–Crippen MR) is 101 cm³/mol. The molecule has 162 valence electrons. The number of esters is 4. The molecule has 0 aromatic carbocycles. The second-order valence-electron chi connectivity index (χ2n) is 5.23. The zero-order chi connectivity index (χ0) is 21.9. The lowest BCUT2D eigenvalue weighted by Gasteiger charge is -2.09. The molecular formula is C18H32N2O8. The smallest absolute Gasteiger partial charge is 0.332 e. The number of carbonyl (C=O) groups is 4. The standard InChI is InChI=1S/C9H17NO4.C9H15NO4/c2*1-3-13-8(11)5-7(10)6-9(12)14-4-2/h7H,3-6,10H2,1-2H3;5H,3-4,6,10H2,1-2H3/b;7-5-. The SMILES string of the molecule is CCOC(=O)/C=C(\N)CC(=O)OCC.CCOC(=O)CC(N)CC(=O)OCC. The summed E-state index contributed by atoms with van der Waals surface area (Å²) in [6, 6.07) is -0.520. The number of hydrogen-bond acceptors (Lipinski definition) is 10. The van der Waals surface area contributed by atoms with E-state index in [0.29, 0.717) is 19.8 Å². The Morgan fingerprint density at radius 3 is 1.54 bits per heavy atom. The summed E-state index contributed by atoms with van der Waals surface area (Å²) in [5.41, 5.74) is 11.1. The van der Waals surface area contributed by atoms with Crippen molar-refractivity contribution in [2.45, 2.75) is 53.0 Å². The van der Waals surface area contributed by atoms with Crippen molar-refractivity contribution in [2.75, 3.05) is 26.4 Å². The van der Waals surface area contributed by atoms with Gasteiger partial charge in [0.2, 0.25) is 0 Å². The third-order valence-electron chi connectivity index (χ3n) is 2.71. The molecule has 0 aliphatic heterocycles. The summed E-state index contributed by atoms with van der Waals surface area (Å²) in [4.78, 5) is 43.6. The van der Waals surface area contributed by atoms with E-state index in [1.54, 1.807) is 27.7 Å². The maximum atomic E-state index is 10.9. The van der Waals surface area contributed by atoms with Crippen LogP contribution in [0.15, 0.2) is 11.8 Å². The molecule has 0 aromatic rings. The van der Waals surface area contributed by atoms with Crippen molar-refractivity contribution in [3.05, 3.63) is 11.8 Å². The highest BCUT2D eigenvalue weighted by Crippen LogP contribution is 1.99. The largest absolute Gasteiger partial charge is 0.466 e. The van der Waals surface area contributed by atoms with E-state index in [9.17, 15) is 19.2 Å². The van der Waals surface area contributed by atoms with E-state index in [1.165, 1.54) is 0 Å². The third kappa shape index (κ3) is 18.2. The van der Waals surface area contributed by atoms with Crippen molar-refractivity contribution >= 4 is 23.9 Å². The second kappa shape index (κ2) is 17.8. The van der Waals surface area contributed by atoms with Crippen molar-refractivity contribution in [1.29, 1.82) is 0 Å². The van der Waals surface area contributed by atoms with Crippen molar-refractivity contribution in [3.8, 4) is 0 Å². The Bertz CT molecular complexity index is 500. The molecule has 0 unspecified atom stereocenters. The first-order valence-electron chi connectivity index (χ1n) is 9.05. The van der Waals surface area contributed by atoms with Gasteiger partial charge in [0, 0.05) is 17.8 Å². The van der Waals surface area contributed by atoms with Gasteiger partial charge in [-0.1, -0.05) is 0 Å². The van der Waals surface area contributed by atoms with Gasteiger partial charge in [0.1, 0.15) is 0 Å². The number of ether oxygens (including phenoxy) is 4. The predicted octanol–water partition coefficient (Wildman–Crippen LogP) is 0.565. The fourth-order valence-corrected chi connectivity index (χ4v) is 1.71. The molecule has 10 nitrogen and oxygen atoms in total. The van der Waals surface area contributed by atoms with Crippen LogP contribution in [0.5, 0.6) is 0 Å². The highest BCUT2D eigenvalue weighted by Gasteiger charge is 2.14. The third-order valence-corrected chi connectivity index (χ3v) is 2.71. The van der Waals surface area contributed by atoms with Crippen LogP contribution in [0.1, 0.15) is 47.0 Å². The van der Waals surface area contributed by atoms with E-state index in [1.807, 2.05) is 0 Å². The van der Waals surface area contributed by atoms with Gasteiger partial charge in [0.15, 0.2) is 0 Å². The molecule has 0 heterocycles. The highest BCUT2D eigenvalue weighted by atomic mass is 16.5. The molecule has 0 spiro atoms. The summed E-state index contributed by atoms with van der Waals surface area (Å²) in [7, 11) is 0. The number of carbonyl (C=O) groups excluding carboxylic acids is 4. The summed E-state index contributed by atoms with van der Waals surface area (Å²) in [5.74, 6) is -1.77. The minimum absolute atomic E-state index is 0.0483. The summed E-state index contributed by atoms with van der Waals surface area (Å²) in [6.45, 7) is 8.05. The molecule has 0 saturated carbocycles. The summed E-state index contributed by atoms with van der Waals surface area (Å²) < 4.78 is 18.6. The zero-order valence-electron chi connectivity index (χ0n) is 17.0. The Morgan fingerprint density at radius 2 is 1.14 bits per heavy atom. The zero-order valence-corrected chi connectivity index (χ0v) is 17.0. The van der Waals surface area contributed by atoms with Gasteiger partial charge in [-0.3, -0.25) is 14.4 Å². The number of nitrogens with two attached hydrogens (primary N) is 2. The summed E-state index contributed by atoms with van der Waals surface area (Å²) >= 11 is 0. The molecule has 0 radical (unpaired) electrons. The maximum Gasteiger partial charge on any atom is 0.332 e. The Balaban J connectivity index is 0. The Labute approximate surface area is 165 Å². The van der Waals surface area contributed by atoms with E-state index in [2.05, 4.69) is 18.9 Å². The molecule has 10 heteroatoms. The van der Waals surface area contributed by atoms with E-state index >= 15 is 0 Å². The molecule has 0 atom stereocenters. The normalized spacial score (nSPS) is 10.4. The molecule has 0 amide bonds. The van der Waals surface area contributed by atoms with Crippen LogP contribution in [0.25, 0.3) is 0 Å². The van der Waals surface area contributed by atoms with Crippen molar-refractivity contribution in [1.82, 2.24) is 0 Å². The van der Waals surface area contributed by atoms with Gasteiger partial charge in [-0.05, 0) is 27.7 Å². The van der Waals surface area contributed by atoms with E-state index in [4.69, 9.17) is 11.5 Å². The first kappa shape index (κ1) is 27.6. The molecule has 0 fully saturated rings. The van der Waals surface area contributed by atoms with Crippen LogP contribution in [0.2, 0.25) is 0 Å². The van der Waals surface area contributed by atoms with Gasteiger partial charge in [0.05, 0.1) is 45.7 Å². The minimum atomic E-state index is -0.547. The number of rotatable bonds is 11. The van der Waals surface area contributed by atoms with Gasteiger partial charge in [0.25, 0.3) is 0 Å². The van der Waals surface area contributed by atoms with Crippen LogP contribution >= 0.6 is 0 Å².